The van der Waals surface area contributed by atoms with Crippen LogP contribution in [0.15, 0.2) is 0 Å². The van der Waals surface area contributed by atoms with Crippen molar-refractivity contribution in [3.05, 3.63) is 0 Å². The van der Waals surface area contributed by atoms with E-state index in [4.69, 9.17) is 5.73 Å². The van der Waals surface area contributed by atoms with Gasteiger partial charge in [0.15, 0.2) is 5.72 Å². The Balaban J connectivity index is 4.41. The van der Waals surface area contributed by atoms with Gasteiger partial charge in [-0.1, -0.05) is 32.6 Å². The third kappa shape index (κ3) is 4.58. The predicted molar refractivity (Wildman–Crippen MR) is 53.1 cm³/mol. The van der Waals surface area contributed by atoms with Crippen LogP contribution in [-0.2, 0) is 14.3 Å². The number of hydrogen-bond acceptors (Lipinski definition) is 5. The zero-order valence-corrected chi connectivity index (χ0v) is 9.03. The average molecular weight is 213 g/mol. The molecule has 0 aromatic rings. The SMILES string of the molecule is CC(C)(C)C(N)(O)C#CCC(=O)OC=O. The first-order valence-electron chi connectivity index (χ1n) is 4.35. The summed E-state index contributed by atoms with van der Waals surface area (Å²) in [5.74, 6) is 3.94. The van der Waals surface area contributed by atoms with E-state index in [0.29, 0.717) is 0 Å². The van der Waals surface area contributed by atoms with Crippen molar-refractivity contribution in [2.24, 2.45) is 11.1 Å². The fourth-order valence-electron chi connectivity index (χ4n) is 0.534. The first-order valence-corrected chi connectivity index (χ1v) is 4.35. The number of carbonyl (C=O) groups is 2. The van der Waals surface area contributed by atoms with E-state index in [2.05, 4.69) is 16.6 Å². The topological polar surface area (TPSA) is 89.6 Å². The van der Waals surface area contributed by atoms with Crippen molar-refractivity contribution in [1.29, 1.82) is 0 Å². The van der Waals surface area contributed by atoms with E-state index in [1.807, 2.05) is 0 Å². The smallest absolute Gasteiger partial charge is 0.325 e. The van der Waals surface area contributed by atoms with Gasteiger partial charge in [-0.25, -0.2) is 0 Å². The minimum absolute atomic E-state index is 0.0302. The van der Waals surface area contributed by atoms with Gasteiger partial charge in [0.25, 0.3) is 0 Å². The summed E-state index contributed by atoms with van der Waals surface area (Å²) in [6, 6.07) is 0. The van der Waals surface area contributed by atoms with Crippen LogP contribution >= 0.6 is 0 Å². The number of rotatable bonds is 2. The number of carbonyl (C=O) groups excluding carboxylic acids is 2. The third-order valence-corrected chi connectivity index (χ3v) is 1.83. The molecule has 0 spiro atoms. The standard InChI is InChI=1S/C10H15NO4/c1-9(2,3)10(11,14)6-4-5-8(13)15-7-12/h7,14H,5,11H2,1-3H3. The molecule has 0 fully saturated rings. The van der Waals surface area contributed by atoms with Crippen LogP contribution < -0.4 is 5.73 Å². The molecule has 5 nitrogen and oxygen atoms in total. The summed E-state index contributed by atoms with van der Waals surface area (Å²) in [5, 5.41) is 9.68. The Morgan fingerprint density at radius 3 is 2.47 bits per heavy atom. The Labute approximate surface area is 88.6 Å². The van der Waals surface area contributed by atoms with Crippen molar-refractivity contribution < 1.29 is 19.4 Å². The molecule has 0 amide bonds. The molecule has 84 valence electrons. The largest absolute Gasteiger partial charge is 0.395 e. The summed E-state index contributed by atoms with van der Waals surface area (Å²) in [6.07, 6.45) is -0.283. The number of esters is 1. The van der Waals surface area contributed by atoms with Crippen LogP contribution in [0.4, 0.5) is 0 Å². The summed E-state index contributed by atoms with van der Waals surface area (Å²) < 4.78 is 4.00. The van der Waals surface area contributed by atoms with E-state index in [9.17, 15) is 14.7 Å². The molecule has 1 unspecified atom stereocenters. The molecular weight excluding hydrogens is 198 g/mol. The van der Waals surface area contributed by atoms with Gasteiger partial charge in [0.1, 0.15) is 6.42 Å². The summed E-state index contributed by atoms with van der Waals surface area (Å²) in [7, 11) is 0. The fourth-order valence-corrected chi connectivity index (χ4v) is 0.534. The van der Waals surface area contributed by atoms with Crippen molar-refractivity contribution in [2.45, 2.75) is 32.9 Å². The Bertz CT molecular complexity index is 304. The highest BCUT2D eigenvalue weighted by Crippen LogP contribution is 2.24. The van der Waals surface area contributed by atoms with Crippen LogP contribution in [0, 0.1) is 17.3 Å². The lowest BCUT2D eigenvalue weighted by atomic mass is 9.84. The van der Waals surface area contributed by atoms with Gasteiger partial charge in [-0.05, 0) is 0 Å². The molecule has 0 aromatic heterocycles. The monoisotopic (exact) mass is 213 g/mol. The molecule has 0 heterocycles. The summed E-state index contributed by atoms with van der Waals surface area (Å²) in [5.41, 5.74) is 3.20. The lowest BCUT2D eigenvalue weighted by Gasteiger charge is -2.31. The van der Waals surface area contributed by atoms with Crippen LogP contribution in [0.25, 0.3) is 0 Å². The maximum absolute atomic E-state index is 10.7. The van der Waals surface area contributed by atoms with Gasteiger partial charge >= 0.3 is 12.4 Å². The molecule has 1 atom stereocenters. The average Bonchev–Trinajstić information content (AvgIpc) is 2.01. The Kier molecular flexibility index (Phi) is 4.46. The highest BCUT2D eigenvalue weighted by Gasteiger charge is 2.34. The molecule has 5 heteroatoms. The van der Waals surface area contributed by atoms with E-state index in [1.54, 1.807) is 20.8 Å². The van der Waals surface area contributed by atoms with E-state index >= 15 is 0 Å². The molecule has 0 radical (unpaired) electrons. The second kappa shape index (κ2) is 4.91. The molecule has 0 rings (SSSR count). The van der Waals surface area contributed by atoms with E-state index in [0.717, 1.165) is 0 Å². The number of ether oxygens (including phenoxy) is 1. The third-order valence-electron chi connectivity index (χ3n) is 1.83. The first kappa shape index (κ1) is 13.6. The minimum Gasteiger partial charge on any atom is -0.395 e. The van der Waals surface area contributed by atoms with E-state index in [-0.39, 0.29) is 12.9 Å². The van der Waals surface area contributed by atoms with Gasteiger partial charge in [0.05, 0.1) is 0 Å². The van der Waals surface area contributed by atoms with Crippen molar-refractivity contribution in [2.75, 3.05) is 0 Å². The molecular formula is C10H15NO4. The summed E-state index contributed by atoms with van der Waals surface area (Å²) in [4.78, 5) is 20.5. The Hall–Kier alpha value is -1.38. The summed E-state index contributed by atoms with van der Waals surface area (Å²) >= 11 is 0. The molecule has 0 aromatic carbocycles. The quantitative estimate of drug-likeness (QED) is 0.217. The van der Waals surface area contributed by atoms with Crippen LogP contribution in [0.3, 0.4) is 0 Å². The minimum atomic E-state index is -1.69. The molecule has 0 saturated heterocycles. The van der Waals surface area contributed by atoms with Crippen LogP contribution in [0.1, 0.15) is 27.2 Å². The van der Waals surface area contributed by atoms with Crippen molar-refractivity contribution in [3.63, 3.8) is 0 Å². The van der Waals surface area contributed by atoms with Gasteiger partial charge < -0.3 is 9.84 Å². The normalized spacial score (nSPS) is 14.5. The van der Waals surface area contributed by atoms with E-state index < -0.39 is 17.1 Å². The zero-order chi connectivity index (χ0) is 12.1. The van der Waals surface area contributed by atoms with Gasteiger partial charge in [0, 0.05) is 5.41 Å². The van der Waals surface area contributed by atoms with Gasteiger partial charge in [0.2, 0.25) is 0 Å². The highest BCUT2D eigenvalue weighted by atomic mass is 16.6. The predicted octanol–water partition coefficient (Wildman–Crippen LogP) is -0.227. The molecule has 0 aliphatic heterocycles. The van der Waals surface area contributed by atoms with Crippen LogP contribution in [0.5, 0.6) is 0 Å². The van der Waals surface area contributed by atoms with Crippen molar-refractivity contribution >= 4 is 12.4 Å². The second-order valence-electron chi connectivity index (χ2n) is 4.08. The van der Waals surface area contributed by atoms with E-state index in [1.165, 1.54) is 0 Å². The maximum atomic E-state index is 10.7. The molecule has 3 N–H and O–H groups in total. The molecule has 0 saturated carbocycles. The van der Waals surface area contributed by atoms with Crippen molar-refractivity contribution in [3.8, 4) is 11.8 Å². The molecule has 0 bridgehead atoms. The first-order chi connectivity index (χ1) is 6.70. The number of hydrogen-bond donors (Lipinski definition) is 2. The Morgan fingerprint density at radius 1 is 1.53 bits per heavy atom. The number of aliphatic hydroxyl groups is 1. The van der Waals surface area contributed by atoms with Crippen molar-refractivity contribution in [1.82, 2.24) is 0 Å². The second-order valence-corrected chi connectivity index (χ2v) is 4.08. The van der Waals surface area contributed by atoms with Gasteiger partial charge in [-0.15, -0.1) is 0 Å². The van der Waals surface area contributed by atoms with Crippen LogP contribution in [-0.4, -0.2) is 23.3 Å². The van der Waals surface area contributed by atoms with Gasteiger partial charge in [-0.3, -0.25) is 15.3 Å². The fraction of sp³-hybridized carbons (Fsp3) is 0.600. The molecule has 0 aliphatic rings. The van der Waals surface area contributed by atoms with Crippen LogP contribution in [0.2, 0.25) is 0 Å². The molecule has 0 aliphatic carbocycles. The lowest BCUT2D eigenvalue weighted by Crippen LogP contribution is -2.50. The maximum Gasteiger partial charge on any atom is 0.325 e. The van der Waals surface area contributed by atoms with Gasteiger partial charge in [-0.2, -0.15) is 0 Å². The molecule has 15 heavy (non-hydrogen) atoms. The highest BCUT2D eigenvalue weighted by molar-refractivity contribution is 5.78. The number of nitrogens with two attached hydrogens (primary N) is 1. The zero-order valence-electron chi connectivity index (χ0n) is 9.03. The summed E-state index contributed by atoms with van der Waals surface area (Å²) in [6.45, 7) is 5.17. The Morgan fingerprint density at radius 2 is 2.07 bits per heavy atom. The lowest BCUT2D eigenvalue weighted by molar-refractivity contribution is -0.150.